The van der Waals surface area contributed by atoms with Crippen LogP contribution in [0.1, 0.15) is 64.7 Å². The Morgan fingerprint density at radius 1 is 0.842 bits per heavy atom. The third-order valence-corrected chi connectivity index (χ3v) is 4.08. The minimum Gasteiger partial charge on any atom is -0.196 e. The molecule has 0 fully saturated rings. The first kappa shape index (κ1) is 19.4. The van der Waals surface area contributed by atoms with Crippen LogP contribution in [0, 0.1) is 0 Å². The first-order valence-corrected chi connectivity index (χ1v) is 8.04. The van der Waals surface area contributed by atoms with Crippen LogP contribution in [0.3, 0.4) is 0 Å². The number of halogens is 6. The molecule has 116 valence electrons. The van der Waals surface area contributed by atoms with Crippen LogP contribution in [-0.2, 0) is 0 Å². The SMILES string of the molecule is CCCCCCCCCC(I)CC(F)(F)C(F)(F)F. The van der Waals surface area contributed by atoms with Crippen LogP contribution >= 0.6 is 22.6 Å². The highest BCUT2D eigenvalue weighted by Gasteiger charge is 2.57. The Hall–Kier alpha value is 0.380. The summed E-state index contributed by atoms with van der Waals surface area (Å²) in [4.78, 5) is 0. The molecular formula is C13H22F5I. The number of hydrogen-bond acceptors (Lipinski definition) is 0. The van der Waals surface area contributed by atoms with Gasteiger partial charge in [-0.1, -0.05) is 74.5 Å². The van der Waals surface area contributed by atoms with Crippen LogP contribution in [0.5, 0.6) is 0 Å². The molecule has 0 bridgehead atoms. The van der Waals surface area contributed by atoms with E-state index in [4.69, 9.17) is 0 Å². The fourth-order valence-electron chi connectivity index (χ4n) is 1.82. The molecule has 0 spiro atoms. The molecule has 0 aromatic heterocycles. The quantitative estimate of drug-likeness (QED) is 0.170. The summed E-state index contributed by atoms with van der Waals surface area (Å²) >= 11 is 1.70. The number of rotatable bonds is 10. The molecule has 0 aromatic rings. The van der Waals surface area contributed by atoms with Crippen LogP contribution in [0.2, 0.25) is 0 Å². The maximum atomic E-state index is 12.8. The van der Waals surface area contributed by atoms with E-state index in [-0.39, 0.29) is 0 Å². The predicted octanol–water partition coefficient (Wildman–Crippen LogP) is 6.52. The molecule has 0 heterocycles. The van der Waals surface area contributed by atoms with Gasteiger partial charge < -0.3 is 0 Å². The summed E-state index contributed by atoms with van der Waals surface area (Å²) in [5.41, 5.74) is 0. The van der Waals surface area contributed by atoms with E-state index in [0.29, 0.717) is 6.42 Å². The molecule has 0 amide bonds. The average molecular weight is 400 g/mol. The zero-order chi connectivity index (χ0) is 14.9. The zero-order valence-electron chi connectivity index (χ0n) is 11.2. The molecular weight excluding hydrogens is 378 g/mol. The van der Waals surface area contributed by atoms with E-state index in [0.717, 1.165) is 25.7 Å². The van der Waals surface area contributed by atoms with Crippen molar-refractivity contribution in [3.8, 4) is 0 Å². The van der Waals surface area contributed by atoms with Gasteiger partial charge in [0.15, 0.2) is 0 Å². The second-order valence-corrected chi connectivity index (χ2v) is 6.68. The van der Waals surface area contributed by atoms with Gasteiger partial charge in [0.05, 0.1) is 0 Å². The summed E-state index contributed by atoms with van der Waals surface area (Å²) < 4.78 is 60.9. The molecule has 0 rings (SSSR count). The molecule has 1 unspecified atom stereocenters. The van der Waals surface area contributed by atoms with Crippen LogP contribution in [-0.4, -0.2) is 16.0 Å². The van der Waals surface area contributed by atoms with E-state index >= 15 is 0 Å². The molecule has 0 saturated carbocycles. The van der Waals surface area contributed by atoms with Gasteiger partial charge in [-0.15, -0.1) is 0 Å². The summed E-state index contributed by atoms with van der Waals surface area (Å²) in [6.45, 7) is 2.13. The number of alkyl halides is 6. The summed E-state index contributed by atoms with van der Waals surface area (Å²) in [5.74, 6) is -4.56. The largest absolute Gasteiger partial charge is 0.453 e. The van der Waals surface area contributed by atoms with Gasteiger partial charge in [0.25, 0.3) is 0 Å². The number of hydrogen-bond donors (Lipinski definition) is 0. The van der Waals surface area contributed by atoms with E-state index in [1.165, 1.54) is 19.3 Å². The summed E-state index contributed by atoms with van der Waals surface area (Å²) in [6.07, 6.45) is 1.26. The Morgan fingerprint density at radius 3 is 1.79 bits per heavy atom. The van der Waals surface area contributed by atoms with Crippen molar-refractivity contribution >= 4 is 22.6 Å². The highest BCUT2D eigenvalue weighted by Crippen LogP contribution is 2.40. The molecule has 1 atom stereocenters. The van der Waals surface area contributed by atoms with Crippen molar-refractivity contribution in [2.45, 2.75) is 80.7 Å². The third kappa shape index (κ3) is 9.02. The molecule has 0 aliphatic heterocycles. The second kappa shape index (κ2) is 9.34. The van der Waals surface area contributed by atoms with Crippen molar-refractivity contribution in [2.24, 2.45) is 0 Å². The van der Waals surface area contributed by atoms with Crippen molar-refractivity contribution in [3.05, 3.63) is 0 Å². The van der Waals surface area contributed by atoms with Gasteiger partial charge in [-0.05, 0) is 6.42 Å². The van der Waals surface area contributed by atoms with E-state index < -0.39 is 22.4 Å². The van der Waals surface area contributed by atoms with Crippen molar-refractivity contribution in [1.82, 2.24) is 0 Å². The van der Waals surface area contributed by atoms with E-state index in [1.807, 2.05) is 0 Å². The Balaban J connectivity index is 3.68. The third-order valence-electron chi connectivity index (χ3n) is 3.01. The molecule has 0 N–H and O–H groups in total. The van der Waals surface area contributed by atoms with Gasteiger partial charge in [0, 0.05) is 10.3 Å². The normalized spacial score (nSPS) is 14.7. The monoisotopic (exact) mass is 400 g/mol. The van der Waals surface area contributed by atoms with Gasteiger partial charge in [-0.25, -0.2) is 0 Å². The minimum atomic E-state index is -5.42. The topological polar surface area (TPSA) is 0 Å². The minimum absolute atomic E-state index is 0.431. The van der Waals surface area contributed by atoms with Gasteiger partial charge >= 0.3 is 12.1 Å². The Labute approximate surface area is 125 Å². The Morgan fingerprint density at radius 2 is 1.32 bits per heavy atom. The lowest BCUT2D eigenvalue weighted by Gasteiger charge is -2.22. The molecule has 0 aliphatic carbocycles. The second-order valence-electron chi connectivity index (χ2n) is 4.91. The van der Waals surface area contributed by atoms with E-state index in [9.17, 15) is 22.0 Å². The van der Waals surface area contributed by atoms with Crippen molar-refractivity contribution in [2.75, 3.05) is 0 Å². The smallest absolute Gasteiger partial charge is 0.196 e. The fourth-order valence-corrected chi connectivity index (χ4v) is 2.81. The van der Waals surface area contributed by atoms with Crippen LogP contribution in [0.4, 0.5) is 22.0 Å². The summed E-state index contributed by atoms with van der Waals surface area (Å²) in [6, 6.07) is 0. The van der Waals surface area contributed by atoms with Crippen LogP contribution < -0.4 is 0 Å². The highest BCUT2D eigenvalue weighted by atomic mass is 127. The fraction of sp³-hybridized carbons (Fsp3) is 1.00. The van der Waals surface area contributed by atoms with Crippen molar-refractivity contribution < 1.29 is 22.0 Å². The van der Waals surface area contributed by atoms with Gasteiger partial charge in [0.2, 0.25) is 0 Å². The van der Waals surface area contributed by atoms with Crippen LogP contribution in [0.25, 0.3) is 0 Å². The molecule has 0 radical (unpaired) electrons. The van der Waals surface area contributed by atoms with E-state index in [1.54, 1.807) is 22.6 Å². The molecule has 0 aliphatic rings. The summed E-state index contributed by atoms with van der Waals surface area (Å²) in [5, 5.41) is 0. The summed E-state index contributed by atoms with van der Waals surface area (Å²) in [7, 11) is 0. The predicted molar refractivity (Wildman–Crippen MR) is 76.0 cm³/mol. The number of unbranched alkanes of at least 4 members (excludes halogenated alkanes) is 6. The lowest BCUT2D eigenvalue weighted by Crippen LogP contribution is -2.38. The maximum absolute atomic E-state index is 12.8. The van der Waals surface area contributed by atoms with Gasteiger partial charge in [0.1, 0.15) is 0 Å². The molecule has 6 heteroatoms. The molecule has 0 nitrogen and oxygen atoms in total. The van der Waals surface area contributed by atoms with Crippen molar-refractivity contribution in [3.63, 3.8) is 0 Å². The first-order chi connectivity index (χ1) is 8.70. The molecule has 19 heavy (non-hydrogen) atoms. The first-order valence-electron chi connectivity index (χ1n) is 6.79. The van der Waals surface area contributed by atoms with Crippen molar-refractivity contribution in [1.29, 1.82) is 0 Å². The standard InChI is InChI=1S/C13H22F5I/c1-2-3-4-5-6-7-8-9-11(19)10-12(14,15)13(16,17)18/h11H,2-10H2,1H3. The maximum Gasteiger partial charge on any atom is 0.453 e. The lowest BCUT2D eigenvalue weighted by molar-refractivity contribution is -0.283. The molecule has 0 saturated heterocycles. The van der Waals surface area contributed by atoms with Gasteiger partial charge in [-0.2, -0.15) is 22.0 Å². The lowest BCUT2D eigenvalue weighted by atomic mass is 10.0. The Bertz CT molecular complexity index is 228. The molecule has 0 aromatic carbocycles. The Kier molecular flexibility index (Phi) is 9.53. The van der Waals surface area contributed by atoms with Crippen LogP contribution in [0.15, 0.2) is 0 Å². The highest BCUT2D eigenvalue weighted by molar-refractivity contribution is 14.1. The average Bonchev–Trinajstić information content (AvgIpc) is 2.25. The zero-order valence-corrected chi connectivity index (χ0v) is 13.4. The van der Waals surface area contributed by atoms with E-state index in [2.05, 4.69) is 6.92 Å². The van der Waals surface area contributed by atoms with Gasteiger partial charge in [-0.3, -0.25) is 0 Å².